The lowest BCUT2D eigenvalue weighted by atomic mass is 9.78. The van der Waals surface area contributed by atoms with Gasteiger partial charge in [0.25, 0.3) is 0 Å². The SMILES string of the molecule is CN=C(NCC1Cc2ccccc21)NCC(c1ccc(F)cc1)N1CCOCC1.I. The highest BCUT2D eigenvalue weighted by atomic mass is 127. The predicted octanol–water partition coefficient (Wildman–Crippen LogP) is 3.32. The van der Waals surface area contributed by atoms with E-state index in [-0.39, 0.29) is 35.8 Å². The molecule has 0 bridgehead atoms. The van der Waals surface area contributed by atoms with Crippen molar-refractivity contribution in [2.45, 2.75) is 18.4 Å². The van der Waals surface area contributed by atoms with Crippen LogP contribution in [0.5, 0.6) is 0 Å². The van der Waals surface area contributed by atoms with Crippen LogP contribution in [0.1, 0.15) is 28.7 Å². The van der Waals surface area contributed by atoms with Crippen molar-refractivity contribution >= 4 is 29.9 Å². The van der Waals surface area contributed by atoms with E-state index in [9.17, 15) is 4.39 Å². The van der Waals surface area contributed by atoms with E-state index in [2.05, 4.69) is 44.8 Å². The number of guanidine groups is 1. The van der Waals surface area contributed by atoms with Crippen LogP contribution in [0.2, 0.25) is 0 Å². The van der Waals surface area contributed by atoms with E-state index in [1.165, 1.54) is 23.3 Å². The Balaban J connectivity index is 0.00000256. The number of ether oxygens (including phenoxy) is 1. The Kier molecular flexibility index (Phi) is 8.47. The van der Waals surface area contributed by atoms with E-state index in [0.717, 1.165) is 50.8 Å². The molecule has 5 nitrogen and oxygen atoms in total. The van der Waals surface area contributed by atoms with Crippen molar-refractivity contribution in [2.75, 3.05) is 46.4 Å². The van der Waals surface area contributed by atoms with E-state index in [1.54, 1.807) is 7.05 Å². The summed E-state index contributed by atoms with van der Waals surface area (Å²) in [7, 11) is 1.80. The van der Waals surface area contributed by atoms with Crippen molar-refractivity contribution in [1.29, 1.82) is 0 Å². The van der Waals surface area contributed by atoms with Crippen LogP contribution in [0, 0.1) is 5.82 Å². The molecule has 7 heteroatoms. The molecule has 1 aliphatic heterocycles. The normalized spacial score (nSPS) is 19.8. The second-order valence-corrected chi connectivity index (χ2v) is 7.65. The third kappa shape index (κ3) is 5.50. The Morgan fingerprint density at radius 3 is 2.57 bits per heavy atom. The van der Waals surface area contributed by atoms with Crippen molar-refractivity contribution in [3.63, 3.8) is 0 Å². The minimum Gasteiger partial charge on any atom is -0.379 e. The van der Waals surface area contributed by atoms with Crippen LogP contribution >= 0.6 is 24.0 Å². The van der Waals surface area contributed by atoms with Gasteiger partial charge in [0.15, 0.2) is 5.96 Å². The fourth-order valence-corrected chi connectivity index (χ4v) is 4.21. The first-order valence-corrected chi connectivity index (χ1v) is 10.3. The largest absolute Gasteiger partial charge is 0.379 e. The van der Waals surface area contributed by atoms with E-state index in [4.69, 9.17) is 4.74 Å². The molecular weight excluding hydrogens is 494 g/mol. The molecule has 30 heavy (non-hydrogen) atoms. The number of rotatable bonds is 6. The van der Waals surface area contributed by atoms with Crippen LogP contribution in [0.25, 0.3) is 0 Å². The van der Waals surface area contributed by atoms with Crippen LogP contribution in [0.4, 0.5) is 4.39 Å². The zero-order valence-corrected chi connectivity index (χ0v) is 19.6. The molecule has 2 unspecified atom stereocenters. The van der Waals surface area contributed by atoms with Gasteiger partial charge in [-0.15, -0.1) is 24.0 Å². The van der Waals surface area contributed by atoms with E-state index >= 15 is 0 Å². The monoisotopic (exact) mass is 524 g/mol. The third-order valence-electron chi connectivity index (χ3n) is 5.90. The molecule has 2 aliphatic rings. The van der Waals surface area contributed by atoms with E-state index < -0.39 is 0 Å². The maximum atomic E-state index is 13.4. The molecule has 1 heterocycles. The third-order valence-corrected chi connectivity index (χ3v) is 5.90. The molecule has 0 radical (unpaired) electrons. The van der Waals surface area contributed by atoms with Gasteiger partial charge >= 0.3 is 0 Å². The van der Waals surface area contributed by atoms with Crippen LogP contribution in [0.15, 0.2) is 53.5 Å². The molecule has 1 saturated heterocycles. The van der Waals surface area contributed by atoms with Crippen molar-refractivity contribution in [3.05, 3.63) is 71.0 Å². The zero-order chi connectivity index (χ0) is 20.1. The number of nitrogens with zero attached hydrogens (tertiary/aromatic N) is 2. The number of fused-ring (bicyclic) bond motifs is 1. The molecule has 2 aromatic rings. The van der Waals surface area contributed by atoms with Gasteiger partial charge in [-0.3, -0.25) is 9.89 Å². The van der Waals surface area contributed by atoms with Gasteiger partial charge in [0, 0.05) is 39.1 Å². The van der Waals surface area contributed by atoms with Crippen LogP contribution in [-0.4, -0.2) is 57.3 Å². The Hall–Kier alpha value is -1.71. The maximum absolute atomic E-state index is 13.4. The average Bonchev–Trinajstić information content (AvgIpc) is 2.75. The van der Waals surface area contributed by atoms with Crippen LogP contribution < -0.4 is 10.6 Å². The lowest BCUT2D eigenvalue weighted by molar-refractivity contribution is 0.0170. The Bertz CT molecular complexity index is 839. The summed E-state index contributed by atoms with van der Waals surface area (Å²) in [4.78, 5) is 6.78. The molecule has 1 aliphatic carbocycles. The zero-order valence-electron chi connectivity index (χ0n) is 17.3. The topological polar surface area (TPSA) is 48.9 Å². The fraction of sp³-hybridized carbons (Fsp3) is 0.435. The van der Waals surface area contributed by atoms with Crippen molar-refractivity contribution in [1.82, 2.24) is 15.5 Å². The highest BCUT2D eigenvalue weighted by molar-refractivity contribution is 14.0. The maximum Gasteiger partial charge on any atom is 0.191 e. The van der Waals surface area contributed by atoms with Gasteiger partial charge in [-0.2, -0.15) is 0 Å². The van der Waals surface area contributed by atoms with Gasteiger partial charge < -0.3 is 15.4 Å². The van der Waals surface area contributed by atoms with Gasteiger partial charge in [0.05, 0.1) is 19.3 Å². The van der Waals surface area contributed by atoms with Gasteiger partial charge in [0.2, 0.25) is 0 Å². The molecule has 4 rings (SSSR count). The molecule has 0 spiro atoms. The van der Waals surface area contributed by atoms with Crippen LogP contribution in [0.3, 0.4) is 0 Å². The number of morpholine rings is 1. The average molecular weight is 524 g/mol. The molecule has 2 aromatic carbocycles. The van der Waals surface area contributed by atoms with Gasteiger partial charge in [0.1, 0.15) is 5.82 Å². The molecular formula is C23H30FIN4O. The summed E-state index contributed by atoms with van der Waals surface area (Å²) in [6, 6.07) is 15.6. The fourth-order valence-electron chi connectivity index (χ4n) is 4.21. The highest BCUT2D eigenvalue weighted by Crippen LogP contribution is 2.33. The lowest BCUT2D eigenvalue weighted by Gasteiger charge is -2.35. The minimum atomic E-state index is -0.208. The number of nitrogens with one attached hydrogen (secondary N) is 2. The summed E-state index contributed by atoms with van der Waals surface area (Å²) in [5.41, 5.74) is 3.99. The standard InChI is InChI=1S/C23H29FN4O.HI/c1-25-23(26-15-19-14-18-4-2-3-5-21(18)19)27-16-22(28-10-12-29-13-11-28)17-6-8-20(24)9-7-17;/h2-9,19,22H,10-16H2,1H3,(H2,25,26,27);1H. The van der Waals surface area contributed by atoms with E-state index in [0.29, 0.717) is 12.5 Å². The Morgan fingerprint density at radius 2 is 1.87 bits per heavy atom. The summed E-state index contributed by atoms with van der Waals surface area (Å²) in [6.07, 6.45) is 1.12. The molecule has 162 valence electrons. The quantitative estimate of drug-likeness (QED) is 0.346. The summed E-state index contributed by atoms with van der Waals surface area (Å²) in [5, 5.41) is 6.94. The number of halogens is 2. The molecule has 0 amide bonds. The number of hydrogen-bond acceptors (Lipinski definition) is 3. The summed E-state index contributed by atoms with van der Waals surface area (Å²) in [5.74, 6) is 1.13. The predicted molar refractivity (Wildman–Crippen MR) is 129 cm³/mol. The summed E-state index contributed by atoms with van der Waals surface area (Å²) in [6.45, 7) is 4.77. The summed E-state index contributed by atoms with van der Waals surface area (Å²) < 4.78 is 18.9. The number of hydrogen-bond donors (Lipinski definition) is 2. The molecule has 0 saturated carbocycles. The molecule has 1 fully saturated rings. The first-order valence-electron chi connectivity index (χ1n) is 10.3. The minimum absolute atomic E-state index is 0. The van der Waals surface area contributed by atoms with Crippen LogP contribution in [-0.2, 0) is 11.2 Å². The lowest BCUT2D eigenvalue weighted by Crippen LogP contribution is -2.47. The molecule has 0 aromatic heterocycles. The molecule has 2 N–H and O–H groups in total. The highest BCUT2D eigenvalue weighted by Gasteiger charge is 2.26. The first-order chi connectivity index (χ1) is 14.2. The molecule has 2 atom stereocenters. The smallest absolute Gasteiger partial charge is 0.191 e. The van der Waals surface area contributed by atoms with E-state index in [1.807, 2.05) is 12.1 Å². The second kappa shape index (κ2) is 11.1. The first kappa shape index (κ1) is 23.0. The number of benzene rings is 2. The summed E-state index contributed by atoms with van der Waals surface area (Å²) >= 11 is 0. The van der Waals surface area contributed by atoms with Crippen molar-refractivity contribution in [2.24, 2.45) is 4.99 Å². The number of aliphatic imine (C=N–C) groups is 1. The van der Waals surface area contributed by atoms with Gasteiger partial charge in [-0.05, 0) is 35.2 Å². The Morgan fingerprint density at radius 1 is 1.13 bits per heavy atom. The second-order valence-electron chi connectivity index (χ2n) is 7.65. The van der Waals surface area contributed by atoms with Crippen molar-refractivity contribution < 1.29 is 9.13 Å². The van der Waals surface area contributed by atoms with Gasteiger partial charge in [-0.1, -0.05) is 36.4 Å². The van der Waals surface area contributed by atoms with Crippen molar-refractivity contribution in [3.8, 4) is 0 Å². The Labute approximate surface area is 195 Å². The van der Waals surface area contributed by atoms with Gasteiger partial charge in [-0.25, -0.2) is 4.39 Å².